The summed E-state index contributed by atoms with van der Waals surface area (Å²) in [5.74, 6) is -0.770. The van der Waals surface area contributed by atoms with E-state index >= 15 is 0 Å². The lowest BCUT2D eigenvalue weighted by Gasteiger charge is -2.41. The number of phenolic OH excluding ortho intramolecular Hbond substituents is 1. The highest BCUT2D eigenvalue weighted by atomic mass is 35.5. The van der Waals surface area contributed by atoms with E-state index in [0.717, 1.165) is 0 Å². The maximum atomic E-state index is 12.4. The van der Waals surface area contributed by atoms with Crippen LogP contribution in [0.2, 0.25) is 5.02 Å². The molecular weight excluding hydrogens is 268 g/mol. The van der Waals surface area contributed by atoms with Gasteiger partial charge in [0.15, 0.2) is 0 Å². The van der Waals surface area contributed by atoms with Crippen LogP contribution < -0.4 is 5.32 Å². The van der Waals surface area contributed by atoms with E-state index in [-0.39, 0.29) is 23.1 Å². The molecular formula is C13H15ClN2O3. The first-order chi connectivity index (χ1) is 8.84. The monoisotopic (exact) mass is 282 g/mol. The Hall–Kier alpha value is -1.75. The second-order valence-electron chi connectivity index (χ2n) is 4.93. The fourth-order valence-corrected chi connectivity index (χ4v) is 2.25. The zero-order chi connectivity index (χ0) is 14.2. The zero-order valence-corrected chi connectivity index (χ0v) is 11.5. The highest BCUT2D eigenvalue weighted by Crippen LogP contribution is 2.27. The van der Waals surface area contributed by atoms with Crippen LogP contribution in [0, 0.1) is 0 Å². The third kappa shape index (κ3) is 2.38. The molecule has 2 amide bonds. The van der Waals surface area contributed by atoms with Gasteiger partial charge in [-0.05, 0) is 32.0 Å². The van der Waals surface area contributed by atoms with Crippen molar-refractivity contribution in [3.8, 4) is 5.75 Å². The summed E-state index contributed by atoms with van der Waals surface area (Å²) in [5, 5.41) is 12.9. The Labute approximate surface area is 116 Å². The fraction of sp³-hybridized carbons (Fsp3) is 0.385. The molecule has 5 nitrogen and oxygen atoms in total. The molecule has 0 aliphatic carbocycles. The second-order valence-corrected chi connectivity index (χ2v) is 5.37. The number of hydrogen-bond acceptors (Lipinski definition) is 3. The van der Waals surface area contributed by atoms with Crippen LogP contribution in [0.5, 0.6) is 5.75 Å². The predicted octanol–water partition coefficient (Wildman–Crippen LogP) is 1.40. The predicted molar refractivity (Wildman–Crippen MR) is 71.2 cm³/mol. The molecule has 1 aliphatic rings. The summed E-state index contributed by atoms with van der Waals surface area (Å²) in [6.45, 7) is 4.15. The Morgan fingerprint density at radius 1 is 1.47 bits per heavy atom. The summed E-state index contributed by atoms with van der Waals surface area (Å²) >= 11 is 5.74. The van der Waals surface area contributed by atoms with E-state index in [1.165, 1.54) is 23.1 Å². The number of amides is 2. The Morgan fingerprint density at radius 2 is 2.16 bits per heavy atom. The van der Waals surface area contributed by atoms with Gasteiger partial charge in [-0.2, -0.15) is 0 Å². The highest BCUT2D eigenvalue weighted by molar-refractivity contribution is 6.30. The van der Waals surface area contributed by atoms with E-state index in [1.54, 1.807) is 13.8 Å². The molecule has 1 aliphatic heterocycles. The van der Waals surface area contributed by atoms with Crippen molar-refractivity contribution < 1.29 is 14.7 Å². The van der Waals surface area contributed by atoms with Gasteiger partial charge in [-0.3, -0.25) is 9.59 Å². The fourth-order valence-electron chi connectivity index (χ4n) is 2.09. The molecule has 0 unspecified atom stereocenters. The van der Waals surface area contributed by atoms with Gasteiger partial charge in [0.05, 0.1) is 5.56 Å². The normalized spacial score (nSPS) is 18.1. The van der Waals surface area contributed by atoms with Gasteiger partial charge >= 0.3 is 0 Å². The number of benzene rings is 1. The Morgan fingerprint density at radius 3 is 2.79 bits per heavy atom. The number of piperazine rings is 1. The van der Waals surface area contributed by atoms with Gasteiger partial charge in [0.1, 0.15) is 11.3 Å². The SMILES string of the molecule is CC1(C)C(=O)NCCN1C(=O)c1ccc(Cl)cc1O. The maximum Gasteiger partial charge on any atom is 0.258 e. The summed E-state index contributed by atoms with van der Waals surface area (Å²) in [4.78, 5) is 25.7. The number of nitrogens with one attached hydrogen (secondary N) is 1. The number of carbonyl (C=O) groups excluding carboxylic acids is 2. The molecule has 6 heteroatoms. The van der Waals surface area contributed by atoms with E-state index < -0.39 is 5.54 Å². The van der Waals surface area contributed by atoms with Gasteiger partial charge in [-0.25, -0.2) is 0 Å². The molecule has 0 saturated carbocycles. The number of aromatic hydroxyl groups is 1. The molecule has 1 aromatic carbocycles. The summed E-state index contributed by atoms with van der Waals surface area (Å²) in [6, 6.07) is 4.31. The molecule has 0 bridgehead atoms. The topological polar surface area (TPSA) is 69.6 Å². The van der Waals surface area contributed by atoms with Crippen LogP contribution >= 0.6 is 11.6 Å². The minimum absolute atomic E-state index is 0.146. The second kappa shape index (κ2) is 4.74. The van der Waals surface area contributed by atoms with Crippen LogP contribution in [0.3, 0.4) is 0 Å². The number of phenols is 1. The van der Waals surface area contributed by atoms with Crippen molar-refractivity contribution in [3.63, 3.8) is 0 Å². The first-order valence-electron chi connectivity index (χ1n) is 5.93. The molecule has 19 heavy (non-hydrogen) atoms. The third-order valence-electron chi connectivity index (χ3n) is 3.29. The molecule has 0 radical (unpaired) electrons. The lowest BCUT2D eigenvalue weighted by atomic mass is 9.97. The molecule has 1 heterocycles. The van der Waals surface area contributed by atoms with E-state index in [4.69, 9.17) is 11.6 Å². The molecule has 0 atom stereocenters. The van der Waals surface area contributed by atoms with Crippen LogP contribution in [0.15, 0.2) is 18.2 Å². The lowest BCUT2D eigenvalue weighted by molar-refractivity contribution is -0.133. The maximum absolute atomic E-state index is 12.4. The quantitative estimate of drug-likeness (QED) is 0.818. The molecule has 0 aromatic heterocycles. The standard InChI is InChI=1S/C13H15ClN2O3/c1-13(2)12(19)15-5-6-16(13)11(18)9-4-3-8(14)7-10(9)17/h3-4,7,17H,5-6H2,1-2H3,(H,15,19). The van der Waals surface area contributed by atoms with Crippen molar-refractivity contribution in [2.75, 3.05) is 13.1 Å². The van der Waals surface area contributed by atoms with Crippen LogP contribution in [-0.2, 0) is 4.79 Å². The molecule has 1 fully saturated rings. The van der Waals surface area contributed by atoms with Crippen molar-refractivity contribution >= 4 is 23.4 Å². The number of hydrogen-bond donors (Lipinski definition) is 2. The minimum Gasteiger partial charge on any atom is -0.507 e. The van der Waals surface area contributed by atoms with Crippen molar-refractivity contribution in [2.45, 2.75) is 19.4 Å². The Bertz CT molecular complexity index is 543. The first kappa shape index (κ1) is 13.7. The average Bonchev–Trinajstić information content (AvgIpc) is 2.32. The molecule has 0 spiro atoms. The summed E-state index contributed by atoms with van der Waals surface area (Å²) in [7, 11) is 0. The van der Waals surface area contributed by atoms with Crippen LogP contribution in [0.4, 0.5) is 0 Å². The van der Waals surface area contributed by atoms with Crippen LogP contribution in [-0.4, -0.2) is 40.4 Å². The molecule has 2 rings (SSSR count). The van der Waals surface area contributed by atoms with Crippen molar-refractivity contribution in [3.05, 3.63) is 28.8 Å². The third-order valence-corrected chi connectivity index (χ3v) is 3.52. The highest BCUT2D eigenvalue weighted by Gasteiger charge is 2.41. The molecule has 2 N–H and O–H groups in total. The first-order valence-corrected chi connectivity index (χ1v) is 6.30. The van der Waals surface area contributed by atoms with Crippen LogP contribution in [0.1, 0.15) is 24.2 Å². The van der Waals surface area contributed by atoms with Crippen LogP contribution in [0.25, 0.3) is 0 Å². The van der Waals surface area contributed by atoms with Gasteiger partial charge in [-0.15, -0.1) is 0 Å². The van der Waals surface area contributed by atoms with E-state index in [9.17, 15) is 14.7 Å². The van der Waals surface area contributed by atoms with E-state index in [1.807, 2.05) is 0 Å². The van der Waals surface area contributed by atoms with Gasteiger partial charge in [0.2, 0.25) is 5.91 Å². The van der Waals surface area contributed by atoms with Gasteiger partial charge < -0.3 is 15.3 Å². The Kier molecular flexibility index (Phi) is 3.41. The van der Waals surface area contributed by atoms with E-state index in [0.29, 0.717) is 18.1 Å². The number of halogens is 1. The summed E-state index contributed by atoms with van der Waals surface area (Å²) in [5.41, 5.74) is -0.798. The van der Waals surface area contributed by atoms with Gasteiger partial charge in [0, 0.05) is 18.1 Å². The molecule has 1 aromatic rings. The number of carbonyl (C=O) groups is 2. The zero-order valence-electron chi connectivity index (χ0n) is 10.7. The van der Waals surface area contributed by atoms with Crippen molar-refractivity contribution in [2.24, 2.45) is 0 Å². The minimum atomic E-state index is -0.943. The van der Waals surface area contributed by atoms with Crippen molar-refractivity contribution in [1.29, 1.82) is 0 Å². The van der Waals surface area contributed by atoms with Crippen molar-refractivity contribution in [1.82, 2.24) is 10.2 Å². The van der Waals surface area contributed by atoms with Gasteiger partial charge in [-0.1, -0.05) is 11.6 Å². The smallest absolute Gasteiger partial charge is 0.258 e. The van der Waals surface area contributed by atoms with Gasteiger partial charge in [0.25, 0.3) is 5.91 Å². The molecule has 1 saturated heterocycles. The van der Waals surface area contributed by atoms with E-state index in [2.05, 4.69) is 5.32 Å². The summed E-state index contributed by atoms with van der Waals surface area (Å²) < 4.78 is 0. The lowest BCUT2D eigenvalue weighted by Crippen LogP contribution is -2.63. The Balaban J connectivity index is 2.35. The largest absolute Gasteiger partial charge is 0.507 e. The number of rotatable bonds is 1. The average molecular weight is 283 g/mol. The molecule has 102 valence electrons. The summed E-state index contributed by atoms with van der Waals surface area (Å²) in [6.07, 6.45) is 0. The number of nitrogens with zero attached hydrogens (tertiary/aromatic N) is 1.